The second-order valence-corrected chi connectivity index (χ2v) is 12.6. The van der Waals surface area contributed by atoms with Crippen LogP contribution < -0.4 is 4.74 Å². The van der Waals surface area contributed by atoms with Gasteiger partial charge >= 0.3 is 0 Å². The maximum Gasteiger partial charge on any atom is 0.229 e. The molecule has 0 saturated carbocycles. The monoisotopic (exact) mass is 788 g/mol. The summed E-state index contributed by atoms with van der Waals surface area (Å²) in [4.78, 5) is 0. The molecule has 14 heteroatoms. The van der Waals surface area contributed by atoms with Crippen LogP contribution in [0.5, 0.6) is 5.75 Å². The van der Waals surface area contributed by atoms with Gasteiger partial charge in [-0.2, -0.15) is 0 Å². The first-order valence-electron chi connectivity index (χ1n) is 19.3. The van der Waals surface area contributed by atoms with Crippen molar-refractivity contribution in [3.8, 4) is 5.75 Å². The third kappa shape index (κ3) is 19.4. The first kappa shape index (κ1) is 45.6. The molecule has 1 aliphatic heterocycles. The van der Waals surface area contributed by atoms with Crippen LogP contribution in [0.25, 0.3) is 0 Å². The van der Waals surface area contributed by atoms with Crippen LogP contribution in [0.4, 0.5) is 0 Å². The Balaban J connectivity index is 1.06. The molecule has 0 unspecified atom stereocenters. The van der Waals surface area contributed by atoms with E-state index in [4.69, 9.17) is 56.8 Å². The maximum absolute atomic E-state index is 11.1. The molecule has 2 N–H and O–H groups in total. The summed E-state index contributed by atoms with van der Waals surface area (Å²) >= 11 is 0. The molecule has 1 aliphatic rings. The first-order valence-corrected chi connectivity index (χ1v) is 19.3. The molecule has 3 aromatic rings. The second-order valence-electron chi connectivity index (χ2n) is 12.6. The molecule has 0 amide bonds. The Bertz CT molecular complexity index is 1320. The van der Waals surface area contributed by atoms with E-state index in [1.807, 2.05) is 78.9 Å². The standard InChI is InChI=1S/C42H60O14/c43-32-38-39(44)40(53-30-28-49-22-20-45-16-18-47-24-26-51-33-35-10-4-1-5-11-35)41(42(56-38)55-37-14-8-3-9-15-37)54-31-29-50-23-21-46-17-19-48-25-27-52-34-36-12-6-2-7-13-36/h1-15,38-44H,16-34H2/t38-,39-,40+,41-,42-/m1/s1. The molecule has 0 radical (unpaired) electrons. The van der Waals surface area contributed by atoms with Crippen LogP contribution in [0, 0.1) is 0 Å². The Kier molecular flexibility index (Phi) is 24.5. The minimum absolute atomic E-state index is 0.155. The van der Waals surface area contributed by atoms with Gasteiger partial charge in [-0.15, -0.1) is 0 Å². The van der Waals surface area contributed by atoms with E-state index in [2.05, 4.69) is 0 Å². The fourth-order valence-electron chi connectivity index (χ4n) is 5.47. The number of benzene rings is 3. The van der Waals surface area contributed by atoms with E-state index in [1.165, 1.54) is 0 Å². The molecule has 5 atom stereocenters. The van der Waals surface area contributed by atoms with Crippen molar-refractivity contribution in [3.63, 3.8) is 0 Å². The van der Waals surface area contributed by atoms with Gasteiger partial charge in [0, 0.05) is 0 Å². The molecule has 0 aliphatic carbocycles. The minimum atomic E-state index is -1.18. The van der Waals surface area contributed by atoms with E-state index >= 15 is 0 Å². The van der Waals surface area contributed by atoms with Crippen molar-refractivity contribution in [1.29, 1.82) is 0 Å². The van der Waals surface area contributed by atoms with Crippen molar-refractivity contribution >= 4 is 0 Å². The zero-order valence-electron chi connectivity index (χ0n) is 32.3. The lowest BCUT2D eigenvalue weighted by Gasteiger charge is -2.43. The van der Waals surface area contributed by atoms with Gasteiger partial charge in [0.15, 0.2) is 0 Å². The fourth-order valence-corrected chi connectivity index (χ4v) is 5.47. The second kappa shape index (κ2) is 30.1. The average molecular weight is 789 g/mol. The van der Waals surface area contributed by atoms with E-state index < -0.39 is 37.3 Å². The Hall–Kier alpha value is -3.06. The van der Waals surface area contributed by atoms with Crippen LogP contribution in [-0.2, 0) is 65.3 Å². The molecule has 1 heterocycles. The summed E-state index contributed by atoms with van der Waals surface area (Å²) in [5.41, 5.74) is 2.26. The Labute approximate surface area is 330 Å². The molecule has 0 bridgehead atoms. The van der Waals surface area contributed by atoms with Crippen molar-refractivity contribution in [2.45, 2.75) is 43.9 Å². The summed E-state index contributed by atoms with van der Waals surface area (Å²) < 4.78 is 69.2. The van der Waals surface area contributed by atoms with Crippen molar-refractivity contribution in [1.82, 2.24) is 0 Å². The Morgan fingerprint density at radius 3 is 1.20 bits per heavy atom. The van der Waals surface area contributed by atoms with Gasteiger partial charge in [-0.25, -0.2) is 0 Å². The van der Waals surface area contributed by atoms with Crippen molar-refractivity contribution in [2.75, 3.05) is 112 Å². The van der Waals surface area contributed by atoms with E-state index in [1.54, 1.807) is 12.1 Å². The van der Waals surface area contributed by atoms with E-state index in [0.717, 1.165) is 11.1 Å². The van der Waals surface area contributed by atoms with Gasteiger partial charge in [0.2, 0.25) is 6.29 Å². The Morgan fingerprint density at radius 2 is 0.786 bits per heavy atom. The van der Waals surface area contributed by atoms with Crippen LogP contribution in [0.2, 0.25) is 0 Å². The zero-order chi connectivity index (χ0) is 39.1. The van der Waals surface area contributed by atoms with Gasteiger partial charge in [-0.1, -0.05) is 78.9 Å². The lowest BCUT2D eigenvalue weighted by Crippen LogP contribution is -2.62. The van der Waals surface area contributed by atoms with Crippen LogP contribution in [-0.4, -0.2) is 153 Å². The largest absolute Gasteiger partial charge is 0.462 e. The van der Waals surface area contributed by atoms with Crippen LogP contribution in [0.3, 0.4) is 0 Å². The number of aliphatic hydroxyl groups excluding tert-OH is 2. The van der Waals surface area contributed by atoms with E-state index in [0.29, 0.717) is 98.2 Å². The highest BCUT2D eigenvalue weighted by Crippen LogP contribution is 2.28. The molecule has 1 fully saturated rings. The van der Waals surface area contributed by atoms with Gasteiger partial charge in [0.25, 0.3) is 0 Å². The molecule has 3 aromatic carbocycles. The number of para-hydroxylation sites is 1. The van der Waals surface area contributed by atoms with E-state index in [9.17, 15) is 10.2 Å². The molecule has 56 heavy (non-hydrogen) atoms. The van der Waals surface area contributed by atoms with E-state index in [-0.39, 0.29) is 26.4 Å². The predicted molar refractivity (Wildman–Crippen MR) is 205 cm³/mol. The highest BCUT2D eigenvalue weighted by Gasteiger charge is 2.48. The van der Waals surface area contributed by atoms with Crippen molar-refractivity contribution in [3.05, 3.63) is 102 Å². The lowest BCUT2D eigenvalue weighted by molar-refractivity contribution is -0.297. The number of aliphatic hydroxyl groups is 2. The van der Waals surface area contributed by atoms with Crippen LogP contribution in [0.15, 0.2) is 91.0 Å². The summed E-state index contributed by atoms with van der Waals surface area (Å²) in [6, 6.07) is 29.1. The van der Waals surface area contributed by atoms with Crippen molar-refractivity contribution in [2.24, 2.45) is 0 Å². The van der Waals surface area contributed by atoms with Gasteiger partial charge in [0.1, 0.15) is 30.2 Å². The highest BCUT2D eigenvalue weighted by molar-refractivity contribution is 5.21. The lowest BCUT2D eigenvalue weighted by atomic mass is 9.98. The summed E-state index contributed by atoms with van der Waals surface area (Å²) in [6.07, 6.45) is -4.81. The van der Waals surface area contributed by atoms with Gasteiger partial charge in [-0.05, 0) is 23.3 Å². The number of hydrogen-bond donors (Lipinski definition) is 2. The summed E-state index contributed by atoms with van der Waals surface area (Å²) in [5.74, 6) is 0.542. The summed E-state index contributed by atoms with van der Waals surface area (Å²) in [6.45, 7) is 6.84. The summed E-state index contributed by atoms with van der Waals surface area (Å²) in [5, 5.41) is 21.1. The zero-order valence-corrected chi connectivity index (χ0v) is 32.3. The first-order chi connectivity index (χ1) is 27.7. The molecule has 1 saturated heterocycles. The normalized spacial score (nSPS) is 19.6. The van der Waals surface area contributed by atoms with Crippen LogP contribution in [0.1, 0.15) is 11.1 Å². The number of hydrogen-bond acceptors (Lipinski definition) is 14. The SMILES string of the molecule is OC[C@H]1O[C@@H](Oc2ccccc2)[C@H](OCCOCCOCCOCCOCc2ccccc2)[C@@H](OCCOCCOCCOCCOCc2ccccc2)[C@@H]1O. The van der Waals surface area contributed by atoms with Crippen molar-refractivity contribution < 1.29 is 67.1 Å². The number of ether oxygens (including phenoxy) is 12. The quantitative estimate of drug-likeness (QED) is 0.0868. The topological polar surface area (TPSA) is 151 Å². The maximum atomic E-state index is 11.1. The highest BCUT2D eigenvalue weighted by atomic mass is 16.7. The third-order valence-electron chi connectivity index (χ3n) is 8.32. The third-order valence-corrected chi connectivity index (χ3v) is 8.32. The molecule has 0 spiro atoms. The predicted octanol–water partition coefficient (Wildman–Crippen LogP) is 3.45. The molecular weight excluding hydrogens is 728 g/mol. The smallest absolute Gasteiger partial charge is 0.229 e. The summed E-state index contributed by atoms with van der Waals surface area (Å²) in [7, 11) is 0. The molecule has 312 valence electrons. The van der Waals surface area contributed by atoms with Crippen LogP contribution >= 0.6 is 0 Å². The molecule has 14 nitrogen and oxygen atoms in total. The average Bonchev–Trinajstić information content (AvgIpc) is 3.23. The van der Waals surface area contributed by atoms with Gasteiger partial charge < -0.3 is 67.1 Å². The fraction of sp³-hybridized carbons (Fsp3) is 0.571. The molecule has 0 aromatic heterocycles. The minimum Gasteiger partial charge on any atom is -0.462 e. The van der Waals surface area contributed by atoms with Gasteiger partial charge in [0.05, 0.1) is 126 Å². The molecule has 4 rings (SSSR count). The Morgan fingerprint density at radius 1 is 0.429 bits per heavy atom. The number of rotatable bonds is 33. The van der Waals surface area contributed by atoms with Gasteiger partial charge in [-0.3, -0.25) is 0 Å². The molecular formula is C42H60O14.